The monoisotopic (exact) mass is 360 g/mol. The number of hydrogen-bond donors (Lipinski definition) is 10. The predicted octanol–water partition coefficient (Wildman–Crippen LogP) is -6.44. The molecule has 1 rings (SSSR count). The van der Waals surface area contributed by atoms with Crippen LogP contribution in [0.25, 0.3) is 0 Å². The molecule has 0 aromatic heterocycles. The molecule has 1 unspecified atom stereocenters. The Hall–Kier alpha value is -0.480. The summed E-state index contributed by atoms with van der Waals surface area (Å²) in [5.41, 5.74) is 0. The Morgan fingerprint density at radius 2 is 1.38 bits per heavy atom. The van der Waals surface area contributed by atoms with Gasteiger partial charge in [0.15, 0.2) is 12.6 Å². The highest BCUT2D eigenvalue weighted by atomic mass is 16.8. The van der Waals surface area contributed by atoms with Crippen LogP contribution in [0.3, 0.4) is 0 Å². The van der Waals surface area contributed by atoms with Gasteiger partial charge in [-0.15, -0.1) is 0 Å². The molecule has 0 amide bonds. The fourth-order valence-electron chi connectivity index (χ4n) is 2.10. The Kier molecular flexibility index (Phi) is 8.34. The highest BCUT2D eigenvalue weighted by Crippen LogP contribution is 2.23. The smallest absolute Gasteiger partial charge is 0.189 e. The second-order valence-corrected chi connectivity index (χ2v) is 5.45. The second-order valence-electron chi connectivity index (χ2n) is 5.45. The maximum absolute atomic E-state index is 9.71. The molecule has 0 spiro atoms. The molecule has 1 heterocycles. The van der Waals surface area contributed by atoms with Gasteiger partial charge in [0.25, 0.3) is 0 Å². The molecular formula is C12H24O12. The van der Waals surface area contributed by atoms with Crippen molar-refractivity contribution >= 4 is 0 Å². The largest absolute Gasteiger partial charge is 0.394 e. The molecule has 12 nitrogen and oxygen atoms in total. The Morgan fingerprint density at radius 3 is 1.88 bits per heavy atom. The van der Waals surface area contributed by atoms with Crippen LogP contribution >= 0.6 is 0 Å². The van der Waals surface area contributed by atoms with E-state index >= 15 is 0 Å². The van der Waals surface area contributed by atoms with E-state index in [1.165, 1.54) is 0 Å². The van der Waals surface area contributed by atoms with E-state index in [9.17, 15) is 40.9 Å². The summed E-state index contributed by atoms with van der Waals surface area (Å²) < 4.78 is 9.66. The van der Waals surface area contributed by atoms with Crippen LogP contribution in [0, 0.1) is 0 Å². The van der Waals surface area contributed by atoms with Crippen molar-refractivity contribution in [3.05, 3.63) is 0 Å². The summed E-state index contributed by atoms with van der Waals surface area (Å²) in [6.07, 6.45) is -18.8. The average molecular weight is 360 g/mol. The summed E-state index contributed by atoms with van der Waals surface area (Å²) >= 11 is 0. The Labute approximate surface area is 136 Å². The van der Waals surface area contributed by atoms with Gasteiger partial charge in [-0.3, -0.25) is 0 Å². The van der Waals surface area contributed by atoms with Crippen LogP contribution in [-0.4, -0.2) is 126 Å². The first-order chi connectivity index (χ1) is 11.1. The van der Waals surface area contributed by atoms with Crippen molar-refractivity contribution in [2.45, 2.75) is 61.4 Å². The first-order valence-electron chi connectivity index (χ1n) is 7.12. The van der Waals surface area contributed by atoms with Crippen LogP contribution in [-0.2, 0) is 9.47 Å². The third-order valence-corrected chi connectivity index (χ3v) is 3.70. The van der Waals surface area contributed by atoms with Crippen molar-refractivity contribution < 1.29 is 60.5 Å². The molecule has 0 radical (unpaired) electrons. The Morgan fingerprint density at radius 1 is 0.792 bits per heavy atom. The molecule has 1 fully saturated rings. The molecule has 0 aromatic rings. The number of hydrogen-bond acceptors (Lipinski definition) is 12. The van der Waals surface area contributed by atoms with Gasteiger partial charge in [-0.1, -0.05) is 0 Å². The lowest BCUT2D eigenvalue weighted by Crippen LogP contribution is -2.60. The van der Waals surface area contributed by atoms with E-state index in [0.29, 0.717) is 0 Å². The third-order valence-electron chi connectivity index (χ3n) is 3.70. The normalized spacial score (nSPS) is 37.5. The molecule has 0 aromatic carbocycles. The summed E-state index contributed by atoms with van der Waals surface area (Å²) in [4.78, 5) is 0. The lowest BCUT2D eigenvalue weighted by atomic mass is 9.99. The molecule has 0 bridgehead atoms. The third kappa shape index (κ3) is 4.78. The molecule has 12 heteroatoms. The number of aliphatic hydroxyl groups excluding tert-OH is 10. The van der Waals surface area contributed by atoms with Crippen molar-refractivity contribution in [1.82, 2.24) is 0 Å². The zero-order valence-electron chi connectivity index (χ0n) is 12.5. The van der Waals surface area contributed by atoms with Crippen LogP contribution in [0.15, 0.2) is 0 Å². The van der Waals surface area contributed by atoms with Crippen LogP contribution in [0.5, 0.6) is 0 Å². The topological polar surface area (TPSA) is 221 Å². The summed E-state index contributed by atoms with van der Waals surface area (Å²) in [6.45, 7) is -1.66. The van der Waals surface area contributed by atoms with Crippen molar-refractivity contribution in [2.24, 2.45) is 0 Å². The summed E-state index contributed by atoms with van der Waals surface area (Å²) in [6, 6.07) is 0. The lowest BCUT2D eigenvalue weighted by molar-refractivity contribution is -0.346. The van der Waals surface area contributed by atoms with Gasteiger partial charge in [0.2, 0.25) is 0 Å². The predicted molar refractivity (Wildman–Crippen MR) is 72.0 cm³/mol. The van der Waals surface area contributed by atoms with E-state index in [-0.39, 0.29) is 0 Å². The van der Waals surface area contributed by atoms with Gasteiger partial charge in [0, 0.05) is 0 Å². The molecule has 1 saturated heterocycles. The quantitative estimate of drug-likeness (QED) is 0.183. The van der Waals surface area contributed by atoms with Crippen LogP contribution < -0.4 is 0 Å². The van der Waals surface area contributed by atoms with E-state index in [1.807, 2.05) is 0 Å². The highest BCUT2D eigenvalue weighted by Gasteiger charge is 2.46. The van der Waals surface area contributed by atoms with Crippen molar-refractivity contribution in [2.75, 3.05) is 13.2 Å². The minimum Gasteiger partial charge on any atom is -0.394 e. The van der Waals surface area contributed by atoms with Crippen LogP contribution in [0.2, 0.25) is 0 Å². The molecule has 1 aliphatic heterocycles. The maximum atomic E-state index is 9.71. The first kappa shape index (κ1) is 21.6. The molecule has 10 N–H and O–H groups in total. The van der Waals surface area contributed by atoms with Gasteiger partial charge in [0.05, 0.1) is 13.2 Å². The molecular weight excluding hydrogens is 336 g/mol. The van der Waals surface area contributed by atoms with Gasteiger partial charge in [-0.2, -0.15) is 0 Å². The minimum absolute atomic E-state index is 0.743. The standard InChI is InChI=1S/C12H24O12/c13-1-3(15)5(16)7(18)9(20)11(22)24-12-10(21)8(19)6(17)4(2-14)23-12/h3-22H,1-2H2/t3-,4-,5-,6-,7+,8+,9-,10-,11+,12?/m1/s1. The number of rotatable bonds is 8. The van der Waals surface area contributed by atoms with Gasteiger partial charge < -0.3 is 60.5 Å². The summed E-state index contributed by atoms with van der Waals surface area (Å²) in [5, 5.41) is 94.1. The van der Waals surface area contributed by atoms with Crippen LogP contribution in [0.1, 0.15) is 0 Å². The SMILES string of the molecule is OC[C@@H](O)[C@@H](O)[C@H](O)[C@@H](O)[C@@H](O)OC1O[C@H](CO)[C@@H](O)[C@H](O)[C@H]1O. The van der Waals surface area contributed by atoms with E-state index < -0.39 is 74.6 Å². The van der Waals surface area contributed by atoms with E-state index in [4.69, 9.17) is 19.7 Å². The van der Waals surface area contributed by atoms with E-state index in [1.54, 1.807) is 0 Å². The maximum Gasteiger partial charge on any atom is 0.189 e. The van der Waals surface area contributed by atoms with Gasteiger partial charge in [0.1, 0.15) is 48.8 Å². The fraction of sp³-hybridized carbons (Fsp3) is 1.00. The molecule has 1 aliphatic rings. The van der Waals surface area contributed by atoms with E-state index in [0.717, 1.165) is 0 Å². The van der Waals surface area contributed by atoms with Crippen LogP contribution in [0.4, 0.5) is 0 Å². The summed E-state index contributed by atoms with van der Waals surface area (Å²) in [5.74, 6) is 0. The van der Waals surface area contributed by atoms with Crippen molar-refractivity contribution in [3.63, 3.8) is 0 Å². The molecule has 10 atom stereocenters. The van der Waals surface area contributed by atoms with Gasteiger partial charge >= 0.3 is 0 Å². The fourth-order valence-corrected chi connectivity index (χ4v) is 2.10. The molecule has 24 heavy (non-hydrogen) atoms. The van der Waals surface area contributed by atoms with Crippen molar-refractivity contribution in [1.29, 1.82) is 0 Å². The molecule has 0 aliphatic carbocycles. The zero-order chi connectivity index (χ0) is 18.6. The summed E-state index contributed by atoms with van der Waals surface area (Å²) in [7, 11) is 0. The Bertz CT molecular complexity index is 368. The highest BCUT2D eigenvalue weighted by molar-refractivity contribution is 4.89. The average Bonchev–Trinajstić information content (AvgIpc) is 2.59. The molecule has 0 saturated carbocycles. The Balaban J connectivity index is 2.69. The van der Waals surface area contributed by atoms with Gasteiger partial charge in [-0.25, -0.2) is 0 Å². The lowest BCUT2D eigenvalue weighted by Gasteiger charge is -2.41. The minimum atomic E-state index is -2.25. The van der Waals surface area contributed by atoms with Crippen molar-refractivity contribution in [3.8, 4) is 0 Å². The zero-order valence-corrected chi connectivity index (χ0v) is 12.5. The number of aliphatic hydroxyl groups is 10. The molecule has 144 valence electrons. The first-order valence-corrected chi connectivity index (χ1v) is 7.12. The van der Waals surface area contributed by atoms with Gasteiger partial charge in [-0.05, 0) is 0 Å². The number of ether oxygens (including phenoxy) is 2. The van der Waals surface area contributed by atoms with E-state index in [2.05, 4.69) is 0 Å². The second kappa shape index (κ2) is 9.28.